The maximum Gasteiger partial charge on any atom is 0.152 e. The topological polar surface area (TPSA) is 71.1 Å². The van der Waals surface area contributed by atoms with Crippen molar-refractivity contribution < 1.29 is 8.42 Å². The molecule has 0 amide bonds. The van der Waals surface area contributed by atoms with E-state index in [2.05, 4.69) is 15.6 Å². The van der Waals surface area contributed by atoms with Gasteiger partial charge in [0, 0.05) is 13.1 Å². The quantitative estimate of drug-likeness (QED) is 0.893. The van der Waals surface area contributed by atoms with E-state index in [0.717, 1.165) is 6.42 Å². The lowest BCUT2D eigenvalue weighted by molar-refractivity contribution is 0.561. The van der Waals surface area contributed by atoms with E-state index < -0.39 is 9.84 Å². The van der Waals surface area contributed by atoms with Gasteiger partial charge in [0.25, 0.3) is 0 Å². The highest BCUT2D eigenvalue weighted by Crippen LogP contribution is 2.30. The first-order chi connectivity index (χ1) is 8.91. The van der Waals surface area contributed by atoms with Gasteiger partial charge in [0.2, 0.25) is 0 Å². The van der Waals surface area contributed by atoms with Crippen LogP contribution in [0.25, 0.3) is 0 Å². The fourth-order valence-corrected chi connectivity index (χ4v) is 4.22. The van der Waals surface area contributed by atoms with E-state index in [9.17, 15) is 8.42 Å². The summed E-state index contributed by atoms with van der Waals surface area (Å²) >= 11 is 12.0. The van der Waals surface area contributed by atoms with Crippen molar-refractivity contribution in [2.24, 2.45) is 0 Å². The molecule has 1 fully saturated rings. The first-order valence-electron chi connectivity index (χ1n) is 5.92. The van der Waals surface area contributed by atoms with Gasteiger partial charge in [-0.2, -0.15) is 0 Å². The van der Waals surface area contributed by atoms with E-state index >= 15 is 0 Å². The molecule has 0 aromatic carbocycles. The molecule has 106 valence electrons. The Morgan fingerprint density at radius 1 is 1.32 bits per heavy atom. The lowest BCUT2D eigenvalue weighted by Crippen LogP contribution is -2.35. The van der Waals surface area contributed by atoms with Crippen LogP contribution >= 0.6 is 23.2 Å². The number of hydrogen-bond acceptors (Lipinski definition) is 5. The van der Waals surface area contributed by atoms with Gasteiger partial charge in [-0.25, -0.2) is 13.4 Å². The molecule has 2 heterocycles. The number of anilines is 2. The lowest BCUT2D eigenvalue weighted by Gasteiger charge is -2.24. The molecule has 1 aliphatic heterocycles. The van der Waals surface area contributed by atoms with Gasteiger partial charge < -0.3 is 10.6 Å². The van der Waals surface area contributed by atoms with E-state index in [1.165, 1.54) is 0 Å². The van der Waals surface area contributed by atoms with Gasteiger partial charge >= 0.3 is 0 Å². The first-order valence-corrected chi connectivity index (χ1v) is 8.50. The molecule has 1 aliphatic rings. The van der Waals surface area contributed by atoms with Gasteiger partial charge in [0.1, 0.15) is 11.6 Å². The normalized spacial score (nSPS) is 21.9. The SMILES string of the molecule is CNc1nc(NC2CCCS(=O)(=O)C2)c(Cl)cc1Cl. The Bertz CT molecular complexity index is 578. The number of aromatic nitrogens is 1. The molecule has 1 aromatic rings. The van der Waals surface area contributed by atoms with Crippen LogP contribution in [-0.4, -0.2) is 38.0 Å². The Hall–Kier alpha value is -0.720. The van der Waals surface area contributed by atoms with Crippen molar-refractivity contribution in [2.45, 2.75) is 18.9 Å². The number of hydrogen-bond donors (Lipinski definition) is 2. The predicted octanol–water partition coefficient (Wildman–Crippen LogP) is 2.42. The molecule has 5 nitrogen and oxygen atoms in total. The molecule has 0 spiro atoms. The Morgan fingerprint density at radius 2 is 2.00 bits per heavy atom. The molecule has 2 N–H and O–H groups in total. The lowest BCUT2D eigenvalue weighted by atomic mass is 10.2. The van der Waals surface area contributed by atoms with Crippen LogP contribution in [0, 0.1) is 0 Å². The zero-order valence-electron chi connectivity index (χ0n) is 10.4. The van der Waals surface area contributed by atoms with Gasteiger partial charge in [-0.3, -0.25) is 0 Å². The number of pyridine rings is 1. The van der Waals surface area contributed by atoms with Crippen molar-refractivity contribution in [3.63, 3.8) is 0 Å². The van der Waals surface area contributed by atoms with Gasteiger partial charge in [-0.1, -0.05) is 23.2 Å². The second-order valence-corrected chi connectivity index (χ2v) is 7.54. The van der Waals surface area contributed by atoms with Crippen molar-refractivity contribution in [3.8, 4) is 0 Å². The van der Waals surface area contributed by atoms with Gasteiger partial charge in [0.05, 0.1) is 21.6 Å². The molecule has 0 saturated carbocycles. The summed E-state index contributed by atoms with van der Waals surface area (Å²) in [6.45, 7) is 0. The number of nitrogens with zero attached hydrogens (tertiary/aromatic N) is 1. The number of nitrogens with one attached hydrogen (secondary N) is 2. The van der Waals surface area contributed by atoms with E-state index in [4.69, 9.17) is 23.2 Å². The average molecular weight is 324 g/mol. The average Bonchev–Trinajstić information content (AvgIpc) is 2.31. The molecule has 0 bridgehead atoms. The fraction of sp³-hybridized carbons (Fsp3) is 0.545. The Balaban J connectivity index is 2.19. The second kappa shape index (κ2) is 5.73. The highest BCUT2D eigenvalue weighted by atomic mass is 35.5. The summed E-state index contributed by atoms with van der Waals surface area (Å²) in [6.07, 6.45) is 1.44. The molecule has 8 heteroatoms. The van der Waals surface area contributed by atoms with Crippen molar-refractivity contribution >= 4 is 44.7 Å². The summed E-state index contributed by atoms with van der Waals surface area (Å²) < 4.78 is 23.2. The van der Waals surface area contributed by atoms with Crippen LogP contribution in [-0.2, 0) is 9.84 Å². The summed E-state index contributed by atoms with van der Waals surface area (Å²) in [6, 6.07) is 1.43. The molecule has 1 aromatic heterocycles. The zero-order chi connectivity index (χ0) is 14.0. The molecule has 19 heavy (non-hydrogen) atoms. The van der Waals surface area contributed by atoms with Crippen molar-refractivity contribution in [1.29, 1.82) is 0 Å². The minimum Gasteiger partial charge on any atom is -0.372 e. The Labute approximate surface area is 122 Å². The molecule has 1 atom stereocenters. The van der Waals surface area contributed by atoms with Crippen molar-refractivity contribution in [1.82, 2.24) is 4.98 Å². The third-order valence-electron chi connectivity index (χ3n) is 2.97. The molecule has 1 unspecified atom stereocenters. The molecule has 0 radical (unpaired) electrons. The highest BCUT2D eigenvalue weighted by molar-refractivity contribution is 7.91. The maximum absolute atomic E-state index is 11.6. The summed E-state index contributed by atoms with van der Waals surface area (Å²) in [5.74, 6) is 1.33. The van der Waals surface area contributed by atoms with Gasteiger partial charge in [-0.05, 0) is 18.9 Å². The molecular formula is C11H15Cl2N3O2S. The first kappa shape index (κ1) is 14.7. The number of sulfone groups is 1. The molecule has 1 saturated heterocycles. The van der Waals surface area contributed by atoms with Gasteiger partial charge in [0.15, 0.2) is 9.84 Å². The fourth-order valence-electron chi connectivity index (χ4n) is 2.07. The predicted molar refractivity (Wildman–Crippen MR) is 79.1 cm³/mol. The standard InChI is InChI=1S/C11H15Cl2N3O2S/c1-14-10-8(12)5-9(13)11(16-10)15-7-3-2-4-19(17,18)6-7/h5,7H,2-4,6H2,1H3,(H2,14,15,16). The van der Waals surface area contributed by atoms with Crippen LogP contribution in [0.4, 0.5) is 11.6 Å². The largest absolute Gasteiger partial charge is 0.372 e. The minimum absolute atomic E-state index is 0.114. The van der Waals surface area contributed by atoms with Crippen LogP contribution in [0.1, 0.15) is 12.8 Å². The smallest absolute Gasteiger partial charge is 0.152 e. The van der Waals surface area contributed by atoms with Crippen LogP contribution < -0.4 is 10.6 Å². The van der Waals surface area contributed by atoms with Crippen LogP contribution in [0.5, 0.6) is 0 Å². The molecular weight excluding hydrogens is 309 g/mol. The Morgan fingerprint density at radius 3 is 2.63 bits per heavy atom. The molecule has 2 rings (SSSR count). The van der Waals surface area contributed by atoms with Gasteiger partial charge in [-0.15, -0.1) is 0 Å². The second-order valence-electron chi connectivity index (χ2n) is 4.50. The Kier molecular flexibility index (Phi) is 4.43. The van der Waals surface area contributed by atoms with E-state index in [0.29, 0.717) is 28.1 Å². The minimum atomic E-state index is -2.96. The maximum atomic E-state index is 11.6. The van der Waals surface area contributed by atoms with Crippen molar-refractivity contribution in [3.05, 3.63) is 16.1 Å². The van der Waals surface area contributed by atoms with Crippen LogP contribution in [0.3, 0.4) is 0 Å². The summed E-state index contributed by atoms with van der Waals surface area (Å²) in [4.78, 5) is 4.25. The van der Waals surface area contributed by atoms with E-state index in [-0.39, 0.29) is 17.5 Å². The summed E-state index contributed by atoms with van der Waals surface area (Å²) in [7, 11) is -1.26. The van der Waals surface area contributed by atoms with Crippen molar-refractivity contribution in [2.75, 3.05) is 29.2 Å². The third kappa shape index (κ3) is 3.64. The summed E-state index contributed by atoms with van der Waals surface area (Å²) in [5.41, 5.74) is 0. The van der Waals surface area contributed by atoms with Crippen LogP contribution in [0.2, 0.25) is 10.0 Å². The van der Waals surface area contributed by atoms with Crippen LogP contribution in [0.15, 0.2) is 6.07 Å². The number of rotatable bonds is 3. The van der Waals surface area contributed by atoms with E-state index in [1.807, 2.05) is 0 Å². The highest BCUT2D eigenvalue weighted by Gasteiger charge is 2.25. The van der Waals surface area contributed by atoms with E-state index in [1.54, 1.807) is 13.1 Å². The molecule has 0 aliphatic carbocycles. The zero-order valence-corrected chi connectivity index (χ0v) is 12.7. The summed E-state index contributed by atoms with van der Waals surface area (Å²) in [5, 5.41) is 6.75. The monoisotopic (exact) mass is 323 g/mol. The number of halogens is 2. The third-order valence-corrected chi connectivity index (χ3v) is 5.37.